The Bertz CT molecular complexity index is 1410. The highest BCUT2D eigenvalue weighted by Crippen LogP contribution is 2.35. The Morgan fingerprint density at radius 3 is 2.42 bits per heavy atom. The molecule has 0 aliphatic rings. The van der Waals surface area contributed by atoms with Gasteiger partial charge in [-0.3, -0.25) is 14.9 Å². The first-order valence-electron chi connectivity index (χ1n) is 13.1. The summed E-state index contributed by atoms with van der Waals surface area (Å²) in [6, 6.07) is 22.7. The standard InChI is InChI=1S/C30H34BrClN4O3Si/c1-38-30(37)34-24-13-10-22(11-14-24)27-28(32)36(20-39-16-17-40(2,3)4)29(35-27)25(18-21-8-6-5-7-9-21)26-15-12-23(31)19-33-26/h5-15,19,25H,16-18,20H2,1-4H3,(H,34,37). The molecule has 0 saturated heterocycles. The average molecular weight is 642 g/mol. The minimum absolute atomic E-state index is 0.164. The SMILES string of the molecule is COC(=O)Nc1ccc(-c2nc(C(Cc3ccccc3)c3ccc(Br)cn3)n(COCC[Si](C)(C)C)c2Cl)cc1. The van der Waals surface area contributed by atoms with Gasteiger partial charge in [0.15, 0.2) is 0 Å². The number of ether oxygens (including phenoxy) is 2. The molecule has 0 aliphatic carbocycles. The van der Waals surface area contributed by atoms with Gasteiger partial charge in [-0.15, -0.1) is 0 Å². The maximum atomic E-state index is 11.6. The molecule has 2 aromatic heterocycles. The normalized spacial score (nSPS) is 12.2. The van der Waals surface area contributed by atoms with Crippen LogP contribution >= 0.6 is 27.5 Å². The van der Waals surface area contributed by atoms with Gasteiger partial charge in [0.05, 0.1) is 18.7 Å². The maximum absolute atomic E-state index is 11.6. The third kappa shape index (κ3) is 8.03. The number of carbonyl (C=O) groups excluding carboxylic acids is 1. The molecule has 4 aromatic rings. The van der Waals surface area contributed by atoms with E-state index in [2.05, 4.69) is 53.0 Å². The fraction of sp³-hybridized carbons (Fsp3) is 0.300. The summed E-state index contributed by atoms with van der Waals surface area (Å²) in [7, 11) is 0.0718. The van der Waals surface area contributed by atoms with Gasteiger partial charge in [-0.25, -0.2) is 9.78 Å². The summed E-state index contributed by atoms with van der Waals surface area (Å²) in [5, 5.41) is 3.16. The first-order chi connectivity index (χ1) is 19.1. The van der Waals surface area contributed by atoms with Crippen molar-refractivity contribution in [2.75, 3.05) is 19.0 Å². The number of pyridine rings is 1. The number of amides is 1. The second-order valence-corrected chi connectivity index (χ2v) is 17.6. The Morgan fingerprint density at radius 2 is 1.80 bits per heavy atom. The number of carbonyl (C=O) groups is 1. The van der Waals surface area contributed by atoms with Gasteiger partial charge in [-0.05, 0) is 58.2 Å². The van der Waals surface area contributed by atoms with Crippen molar-refractivity contribution in [3.8, 4) is 11.3 Å². The van der Waals surface area contributed by atoms with Crippen LogP contribution in [0.25, 0.3) is 11.3 Å². The maximum Gasteiger partial charge on any atom is 0.411 e. The summed E-state index contributed by atoms with van der Waals surface area (Å²) in [6.45, 7) is 7.94. The largest absolute Gasteiger partial charge is 0.453 e. The van der Waals surface area contributed by atoms with Crippen molar-refractivity contribution in [2.45, 2.75) is 44.8 Å². The molecule has 2 aromatic carbocycles. The minimum Gasteiger partial charge on any atom is -0.453 e. The third-order valence-corrected chi connectivity index (χ3v) is 9.00. The smallest absolute Gasteiger partial charge is 0.411 e. The van der Waals surface area contributed by atoms with Gasteiger partial charge in [0.2, 0.25) is 0 Å². The molecule has 0 spiro atoms. The predicted molar refractivity (Wildman–Crippen MR) is 167 cm³/mol. The molecule has 4 rings (SSSR count). The van der Waals surface area contributed by atoms with E-state index in [1.165, 1.54) is 12.7 Å². The summed E-state index contributed by atoms with van der Waals surface area (Å²) in [5.74, 6) is 0.617. The van der Waals surface area contributed by atoms with Gasteiger partial charge in [-0.1, -0.05) is 73.7 Å². The number of methoxy groups -OCH3 is 1. The molecule has 1 N–H and O–H groups in total. The molecule has 1 amide bonds. The van der Waals surface area contributed by atoms with Crippen molar-refractivity contribution < 1.29 is 14.3 Å². The number of aromatic nitrogens is 3. The predicted octanol–water partition coefficient (Wildman–Crippen LogP) is 8.23. The Kier molecular flexibility index (Phi) is 10.2. The highest BCUT2D eigenvalue weighted by atomic mass is 79.9. The number of halogens is 2. The van der Waals surface area contributed by atoms with Gasteiger partial charge in [-0.2, -0.15) is 0 Å². The molecule has 0 aliphatic heterocycles. The van der Waals surface area contributed by atoms with Crippen LogP contribution in [-0.4, -0.2) is 42.4 Å². The van der Waals surface area contributed by atoms with Crippen molar-refractivity contribution in [1.82, 2.24) is 14.5 Å². The van der Waals surface area contributed by atoms with E-state index in [4.69, 9.17) is 31.0 Å². The van der Waals surface area contributed by atoms with Crippen molar-refractivity contribution >= 4 is 47.4 Å². The van der Waals surface area contributed by atoms with Crippen LogP contribution in [0.4, 0.5) is 10.5 Å². The zero-order chi connectivity index (χ0) is 28.7. The number of imidazole rings is 1. The van der Waals surface area contributed by atoms with Crippen LogP contribution in [0.15, 0.2) is 77.4 Å². The van der Waals surface area contributed by atoms with Gasteiger partial charge in [0, 0.05) is 36.6 Å². The van der Waals surface area contributed by atoms with Gasteiger partial charge >= 0.3 is 6.09 Å². The summed E-state index contributed by atoms with van der Waals surface area (Å²) < 4.78 is 13.7. The van der Waals surface area contributed by atoms with Crippen molar-refractivity contribution in [2.24, 2.45) is 0 Å². The van der Waals surface area contributed by atoms with Crippen molar-refractivity contribution in [3.05, 3.63) is 99.6 Å². The quantitative estimate of drug-likeness (QED) is 0.132. The molecule has 7 nitrogen and oxygen atoms in total. The number of benzene rings is 2. The van der Waals surface area contributed by atoms with E-state index >= 15 is 0 Å². The number of hydrogen-bond donors (Lipinski definition) is 1. The fourth-order valence-corrected chi connectivity index (χ4v) is 5.49. The van der Waals surface area contributed by atoms with Crippen LogP contribution in [0, 0.1) is 0 Å². The summed E-state index contributed by atoms with van der Waals surface area (Å²) >= 11 is 10.6. The van der Waals surface area contributed by atoms with E-state index in [1.807, 2.05) is 47.0 Å². The Balaban J connectivity index is 1.75. The number of hydrogen-bond acceptors (Lipinski definition) is 5. The van der Waals surface area contributed by atoms with Gasteiger partial charge in [0.1, 0.15) is 23.4 Å². The van der Waals surface area contributed by atoms with Gasteiger partial charge < -0.3 is 9.47 Å². The second kappa shape index (κ2) is 13.6. The molecular formula is C30H34BrClN4O3Si. The van der Waals surface area contributed by atoms with E-state index in [1.54, 1.807) is 18.3 Å². The molecule has 1 atom stereocenters. The summed E-state index contributed by atoms with van der Waals surface area (Å²) in [5.41, 5.74) is 4.14. The minimum atomic E-state index is -1.26. The molecule has 0 radical (unpaired) electrons. The lowest BCUT2D eigenvalue weighted by molar-refractivity contribution is 0.0848. The Hall–Kier alpha value is -2.98. The molecule has 40 heavy (non-hydrogen) atoms. The first-order valence-corrected chi connectivity index (χ1v) is 18.0. The van der Waals surface area contributed by atoms with E-state index in [-0.39, 0.29) is 12.6 Å². The summed E-state index contributed by atoms with van der Waals surface area (Å²) in [6.07, 6.45) is 1.97. The molecule has 0 fully saturated rings. The average Bonchev–Trinajstić information content (AvgIpc) is 3.26. The molecule has 210 valence electrons. The van der Waals surface area contributed by atoms with Crippen LogP contribution in [0.1, 0.15) is 23.0 Å². The summed E-state index contributed by atoms with van der Waals surface area (Å²) in [4.78, 5) is 21.5. The van der Waals surface area contributed by atoms with Crippen LogP contribution in [0.2, 0.25) is 30.8 Å². The zero-order valence-corrected chi connectivity index (χ0v) is 26.5. The molecular weight excluding hydrogens is 608 g/mol. The van der Waals surface area contributed by atoms with Crippen LogP contribution in [-0.2, 0) is 22.6 Å². The fourth-order valence-electron chi connectivity index (χ4n) is 4.21. The molecule has 2 heterocycles. The van der Waals surface area contributed by atoms with E-state index in [0.29, 0.717) is 29.6 Å². The van der Waals surface area contributed by atoms with E-state index in [9.17, 15) is 4.79 Å². The lowest BCUT2D eigenvalue weighted by atomic mass is 9.94. The number of anilines is 1. The van der Waals surface area contributed by atoms with Crippen molar-refractivity contribution in [1.29, 1.82) is 0 Å². The van der Waals surface area contributed by atoms with Crippen molar-refractivity contribution in [3.63, 3.8) is 0 Å². The lowest BCUT2D eigenvalue weighted by Gasteiger charge is -2.20. The monoisotopic (exact) mass is 640 g/mol. The molecule has 10 heteroatoms. The molecule has 0 bridgehead atoms. The van der Waals surface area contributed by atoms with E-state index < -0.39 is 14.2 Å². The number of nitrogens with zero attached hydrogens (tertiary/aromatic N) is 3. The first kappa shape index (κ1) is 30.0. The molecule has 0 saturated carbocycles. The van der Waals surface area contributed by atoms with E-state index in [0.717, 1.165) is 27.6 Å². The second-order valence-electron chi connectivity index (χ2n) is 10.7. The Morgan fingerprint density at radius 1 is 1.07 bits per heavy atom. The van der Waals surface area contributed by atoms with Crippen LogP contribution in [0.5, 0.6) is 0 Å². The van der Waals surface area contributed by atoms with Crippen LogP contribution in [0.3, 0.4) is 0 Å². The zero-order valence-electron chi connectivity index (χ0n) is 23.2. The highest BCUT2D eigenvalue weighted by molar-refractivity contribution is 9.10. The lowest BCUT2D eigenvalue weighted by Crippen LogP contribution is -2.22. The Labute approximate surface area is 250 Å². The topological polar surface area (TPSA) is 78.3 Å². The molecule has 1 unspecified atom stereocenters. The third-order valence-electron chi connectivity index (χ3n) is 6.44. The number of nitrogens with one attached hydrogen (secondary N) is 1. The van der Waals surface area contributed by atoms with Crippen LogP contribution < -0.4 is 5.32 Å². The van der Waals surface area contributed by atoms with Gasteiger partial charge in [0.25, 0.3) is 0 Å². The highest BCUT2D eigenvalue weighted by Gasteiger charge is 2.27. The number of rotatable bonds is 11.